The average Bonchev–Trinajstić information content (AvgIpc) is 2.59. The molecule has 4 heteroatoms. The first kappa shape index (κ1) is 16.9. The number of hydrogen-bond acceptors (Lipinski definition) is 3. The van der Waals surface area contributed by atoms with Crippen LogP contribution in [0.25, 0.3) is 0 Å². The fraction of sp³-hybridized carbons (Fsp3) is 0.316. The van der Waals surface area contributed by atoms with Crippen molar-refractivity contribution in [1.29, 1.82) is 0 Å². The van der Waals surface area contributed by atoms with Crippen LogP contribution in [0.3, 0.4) is 0 Å². The third kappa shape index (κ3) is 6.02. The second kappa shape index (κ2) is 8.83. The number of carbonyl (C=O) groups is 1. The lowest BCUT2D eigenvalue weighted by atomic mass is 10.1. The molecule has 23 heavy (non-hydrogen) atoms. The van der Waals surface area contributed by atoms with Crippen molar-refractivity contribution in [2.45, 2.75) is 25.7 Å². The highest BCUT2D eigenvalue weighted by Crippen LogP contribution is 2.13. The Morgan fingerprint density at radius 2 is 1.61 bits per heavy atom. The monoisotopic (exact) mass is 313 g/mol. The van der Waals surface area contributed by atoms with Crippen LogP contribution in [0, 0.1) is 0 Å². The van der Waals surface area contributed by atoms with Gasteiger partial charge >= 0.3 is 0 Å². The maximum absolute atomic E-state index is 11.8. The van der Waals surface area contributed by atoms with Crippen LogP contribution in [0.2, 0.25) is 0 Å². The van der Waals surface area contributed by atoms with Crippen molar-refractivity contribution in [2.75, 3.05) is 13.7 Å². The Morgan fingerprint density at radius 3 is 2.26 bits per heavy atom. The van der Waals surface area contributed by atoms with E-state index in [1.165, 1.54) is 0 Å². The molecular weight excluding hydrogens is 290 g/mol. The molecule has 0 atom stereocenters. The summed E-state index contributed by atoms with van der Waals surface area (Å²) in [6.45, 7) is 0.669. The summed E-state index contributed by atoms with van der Waals surface area (Å²) < 4.78 is 5.11. The molecule has 0 aliphatic carbocycles. The van der Waals surface area contributed by atoms with E-state index in [0.29, 0.717) is 13.0 Å². The number of ether oxygens (including phenoxy) is 1. The van der Waals surface area contributed by atoms with E-state index in [1.807, 2.05) is 36.4 Å². The van der Waals surface area contributed by atoms with E-state index in [9.17, 15) is 9.90 Å². The molecule has 0 aliphatic heterocycles. The molecule has 2 aromatic carbocycles. The Balaban J connectivity index is 1.62. The van der Waals surface area contributed by atoms with E-state index >= 15 is 0 Å². The van der Waals surface area contributed by atoms with Crippen LogP contribution < -0.4 is 10.1 Å². The lowest BCUT2D eigenvalue weighted by Crippen LogP contribution is -2.24. The topological polar surface area (TPSA) is 58.6 Å². The summed E-state index contributed by atoms with van der Waals surface area (Å²) in [6.07, 6.45) is 3.00. The van der Waals surface area contributed by atoms with E-state index in [1.54, 1.807) is 19.2 Å². The molecule has 0 bridgehead atoms. The summed E-state index contributed by atoms with van der Waals surface area (Å²) in [5.74, 6) is 1.18. The van der Waals surface area contributed by atoms with E-state index in [2.05, 4.69) is 5.32 Å². The van der Waals surface area contributed by atoms with E-state index < -0.39 is 0 Å². The highest BCUT2D eigenvalue weighted by molar-refractivity contribution is 5.76. The van der Waals surface area contributed by atoms with E-state index in [4.69, 9.17) is 4.74 Å². The molecule has 0 aliphatic rings. The average molecular weight is 313 g/mol. The second-order valence-electron chi connectivity index (χ2n) is 5.47. The highest BCUT2D eigenvalue weighted by Gasteiger charge is 2.02. The van der Waals surface area contributed by atoms with E-state index in [-0.39, 0.29) is 11.7 Å². The largest absolute Gasteiger partial charge is 0.508 e. The predicted molar refractivity (Wildman–Crippen MR) is 90.8 cm³/mol. The van der Waals surface area contributed by atoms with Gasteiger partial charge in [-0.1, -0.05) is 24.3 Å². The first-order valence-electron chi connectivity index (χ1n) is 7.85. The number of methoxy groups -OCH3 is 1. The minimum atomic E-state index is 0.0755. The van der Waals surface area contributed by atoms with Crippen LogP contribution in [0.4, 0.5) is 0 Å². The van der Waals surface area contributed by atoms with Gasteiger partial charge in [-0.15, -0.1) is 0 Å². The third-order valence-electron chi connectivity index (χ3n) is 3.70. The first-order chi connectivity index (χ1) is 11.2. The minimum absolute atomic E-state index is 0.0755. The molecule has 0 aromatic heterocycles. The summed E-state index contributed by atoms with van der Waals surface area (Å²) in [7, 11) is 1.64. The van der Waals surface area contributed by atoms with Gasteiger partial charge in [0.15, 0.2) is 0 Å². The normalized spacial score (nSPS) is 10.3. The smallest absolute Gasteiger partial charge is 0.220 e. The number of aryl methyl sites for hydroxylation is 2. The molecule has 0 saturated carbocycles. The van der Waals surface area contributed by atoms with E-state index in [0.717, 1.165) is 36.1 Å². The summed E-state index contributed by atoms with van der Waals surface area (Å²) in [5, 5.41) is 12.2. The second-order valence-corrected chi connectivity index (χ2v) is 5.47. The predicted octanol–water partition coefficient (Wildman–Crippen LogP) is 3.08. The number of nitrogens with one attached hydrogen (secondary N) is 1. The zero-order valence-corrected chi connectivity index (χ0v) is 13.4. The standard InChI is InChI=1S/C19H23NO3/c1-23-18-11-6-16(7-12-18)8-13-19(22)20-14-2-3-15-4-9-17(21)10-5-15/h4-7,9-12,21H,2-3,8,13-14H2,1H3,(H,20,22). The Bertz CT molecular complexity index is 606. The number of phenolic OH excluding ortho intramolecular Hbond substituents is 1. The first-order valence-corrected chi connectivity index (χ1v) is 7.85. The van der Waals surface area contributed by atoms with Crippen molar-refractivity contribution in [3.63, 3.8) is 0 Å². The molecule has 0 heterocycles. The SMILES string of the molecule is COc1ccc(CCC(=O)NCCCc2ccc(O)cc2)cc1. The van der Waals surface area contributed by atoms with Crippen LogP contribution in [0.5, 0.6) is 11.5 Å². The van der Waals surface area contributed by atoms with Gasteiger partial charge in [0.2, 0.25) is 5.91 Å². The van der Waals surface area contributed by atoms with Gasteiger partial charge in [-0.2, -0.15) is 0 Å². The lowest BCUT2D eigenvalue weighted by molar-refractivity contribution is -0.121. The number of amides is 1. The molecule has 0 spiro atoms. The fourth-order valence-corrected chi connectivity index (χ4v) is 2.32. The molecule has 1 amide bonds. The summed E-state index contributed by atoms with van der Waals surface area (Å²) in [4.78, 5) is 11.8. The number of benzene rings is 2. The van der Waals surface area contributed by atoms with Crippen molar-refractivity contribution in [3.05, 3.63) is 59.7 Å². The molecule has 2 rings (SSSR count). The van der Waals surface area contributed by atoms with Crippen LogP contribution >= 0.6 is 0 Å². The Kier molecular flexibility index (Phi) is 6.48. The van der Waals surface area contributed by atoms with Crippen LogP contribution in [-0.2, 0) is 17.6 Å². The number of aromatic hydroxyl groups is 1. The van der Waals surface area contributed by atoms with Crippen LogP contribution in [0.15, 0.2) is 48.5 Å². The Labute approximate surface area is 137 Å². The molecule has 0 fully saturated rings. The molecule has 0 radical (unpaired) electrons. The van der Waals surface area contributed by atoms with Crippen molar-refractivity contribution in [2.24, 2.45) is 0 Å². The molecular formula is C19H23NO3. The molecule has 2 N–H and O–H groups in total. The quantitative estimate of drug-likeness (QED) is 0.736. The zero-order valence-electron chi connectivity index (χ0n) is 13.4. The third-order valence-corrected chi connectivity index (χ3v) is 3.70. The molecule has 4 nitrogen and oxygen atoms in total. The van der Waals surface area contributed by atoms with Gasteiger partial charge in [-0.05, 0) is 54.7 Å². The summed E-state index contributed by atoms with van der Waals surface area (Å²) in [5.41, 5.74) is 2.29. The number of phenols is 1. The van der Waals surface area contributed by atoms with Crippen molar-refractivity contribution < 1.29 is 14.6 Å². The van der Waals surface area contributed by atoms with Gasteiger partial charge in [0.25, 0.3) is 0 Å². The van der Waals surface area contributed by atoms with Gasteiger partial charge < -0.3 is 15.2 Å². The summed E-state index contributed by atoms with van der Waals surface area (Å²) in [6, 6.07) is 15.0. The van der Waals surface area contributed by atoms with Gasteiger partial charge in [-0.3, -0.25) is 4.79 Å². The summed E-state index contributed by atoms with van der Waals surface area (Å²) >= 11 is 0. The van der Waals surface area contributed by atoms with Gasteiger partial charge in [0, 0.05) is 13.0 Å². The van der Waals surface area contributed by atoms with Gasteiger partial charge in [0.05, 0.1) is 7.11 Å². The Hall–Kier alpha value is -2.49. The lowest BCUT2D eigenvalue weighted by Gasteiger charge is -2.06. The van der Waals surface area contributed by atoms with Crippen molar-refractivity contribution >= 4 is 5.91 Å². The maximum atomic E-state index is 11.8. The number of hydrogen-bond donors (Lipinski definition) is 2. The number of carbonyl (C=O) groups excluding carboxylic acids is 1. The molecule has 0 unspecified atom stereocenters. The minimum Gasteiger partial charge on any atom is -0.508 e. The number of rotatable bonds is 8. The van der Waals surface area contributed by atoms with Crippen LogP contribution in [-0.4, -0.2) is 24.7 Å². The van der Waals surface area contributed by atoms with Gasteiger partial charge in [0.1, 0.15) is 11.5 Å². The molecule has 2 aromatic rings. The maximum Gasteiger partial charge on any atom is 0.220 e. The zero-order chi connectivity index (χ0) is 16.5. The fourth-order valence-electron chi connectivity index (χ4n) is 2.32. The van der Waals surface area contributed by atoms with Crippen molar-refractivity contribution in [3.8, 4) is 11.5 Å². The molecule has 122 valence electrons. The Morgan fingerprint density at radius 1 is 1.00 bits per heavy atom. The van der Waals surface area contributed by atoms with Crippen LogP contribution in [0.1, 0.15) is 24.0 Å². The molecule has 0 saturated heterocycles. The highest BCUT2D eigenvalue weighted by atomic mass is 16.5. The van der Waals surface area contributed by atoms with Crippen molar-refractivity contribution in [1.82, 2.24) is 5.32 Å². The van der Waals surface area contributed by atoms with Gasteiger partial charge in [-0.25, -0.2) is 0 Å².